The molecule has 1 aliphatic rings. The van der Waals surface area contributed by atoms with E-state index >= 15 is 0 Å². The van der Waals surface area contributed by atoms with E-state index < -0.39 is 10.0 Å². The Balaban J connectivity index is 0.00000289. The third-order valence-corrected chi connectivity index (χ3v) is 8.52. The SMILES string of the molecule is C[C@@H](C(=O)N1CCC(c2ccc(S(=O)(=O)Nc3ncns3)cc2)CC1)n1ccc2ccccc21.[HH]. The van der Waals surface area contributed by atoms with E-state index in [1.165, 1.54) is 6.33 Å². The number of carbonyl (C=O) groups is 1. The summed E-state index contributed by atoms with van der Waals surface area (Å²) in [6, 6.07) is 16.8. The van der Waals surface area contributed by atoms with Gasteiger partial charge in [0.05, 0.1) is 4.90 Å². The highest BCUT2D eigenvalue weighted by atomic mass is 32.2. The molecular weight excluding hydrogens is 470 g/mol. The number of nitrogens with one attached hydrogen (secondary N) is 1. The number of aromatic nitrogens is 3. The standard InChI is InChI=1S/C24H25N5O3S2.H2/c1-17(29-15-12-20-4-2-3-5-22(20)29)23(30)28-13-10-19(11-14-28)18-6-8-21(9-7-18)34(31,32)27-24-25-16-26-33-24;/h2-9,12,15-17,19H,10-11,13-14H2,1H3,(H,25,26,27);1H/t17-;/m0./s1. The fourth-order valence-electron chi connectivity index (χ4n) is 4.57. The predicted molar refractivity (Wildman–Crippen MR) is 134 cm³/mol. The van der Waals surface area contributed by atoms with Crippen LogP contribution in [0.4, 0.5) is 5.13 Å². The van der Waals surface area contributed by atoms with Crippen molar-refractivity contribution in [3.63, 3.8) is 0 Å². The van der Waals surface area contributed by atoms with E-state index in [2.05, 4.69) is 20.1 Å². The van der Waals surface area contributed by atoms with Gasteiger partial charge in [0.15, 0.2) is 0 Å². The van der Waals surface area contributed by atoms with Crippen molar-refractivity contribution >= 4 is 43.5 Å². The van der Waals surface area contributed by atoms with Gasteiger partial charge in [-0.3, -0.25) is 9.52 Å². The normalized spacial score (nSPS) is 16.0. The second-order valence-electron chi connectivity index (χ2n) is 8.48. The molecule has 1 atom stereocenters. The van der Waals surface area contributed by atoms with Gasteiger partial charge in [0.1, 0.15) is 12.4 Å². The Hall–Kier alpha value is -3.24. The first-order valence-electron chi connectivity index (χ1n) is 11.2. The van der Waals surface area contributed by atoms with E-state index in [0.29, 0.717) is 19.0 Å². The van der Waals surface area contributed by atoms with E-state index in [1.54, 1.807) is 12.1 Å². The maximum Gasteiger partial charge on any atom is 0.263 e. The van der Waals surface area contributed by atoms with Crippen LogP contribution in [0.1, 0.15) is 38.7 Å². The van der Waals surface area contributed by atoms with Gasteiger partial charge in [0.25, 0.3) is 10.0 Å². The van der Waals surface area contributed by atoms with Crippen molar-refractivity contribution in [2.45, 2.75) is 36.6 Å². The monoisotopic (exact) mass is 497 g/mol. The van der Waals surface area contributed by atoms with Crippen LogP contribution in [0.2, 0.25) is 0 Å². The summed E-state index contributed by atoms with van der Waals surface area (Å²) in [6.45, 7) is 3.33. The summed E-state index contributed by atoms with van der Waals surface area (Å²) in [7, 11) is -3.69. The highest BCUT2D eigenvalue weighted by Gasteiger charge is 2.28. The van der Waals surface area contributed by atoms with Gasteiger partial charge >= 0.3 is 0 Å². The quantitative estimate of drug-likeness (QED) is 0.423. The van der Waals surface area contributed by atoms with Crippen LogP contribution in [0.5, 0.6) is 0 Å². The molecule has 10 heteroatoms. The fourth-order valence-corrected chi connectivity index (χ4v) is 6.23. The van der Waals surface area contributed by atoms with E-state index in [1.807, 2.05) is 59.0 Å². The van der Waals surface area contributed by atoms with Gasteiger partial charge in [0.2, 0.25) is 11.0 Å². The summed E-state index contributed by atoms with van der Waals surface area (Å²) in [5.41, 5.74) is 2.15. The molecule has 1 aliphatic heterocycles. The van der Waals surface area contributed by atoms with Gasteiger partial charge in [-0.15, -0.1) is 0 Å². The lowest BCUT2D eigenvalue weighted by Crippen LogP contribution is -2.41. The van der Waals surface area contributed by atoms with Crippen molar-refractivity contribution in [1.29, 1.82) is 0 Å². The van der Waals surface area contributed by atoms with Crippen molar-refractivity contribution in [2.75, 3.05) is 17.8 Å². The van der Waals surface area contributed by atoms with Crippen LogP contribution < -0.4 is 4.72 Å². The number of sulfonamides is 1. The summed E-state index contributed by atoms with van der Waals surface area (Å²) >= 11 is 0.989. The first-order valence-corrected chi connectivity index (χ1v) is 13.4. The van der Waals surface area contributed by atoms with Crippen LogP contribution in [0.25, 0.3) is 10.9 Å². The number of para-hydroxylation sites is 1. The average molecular weight is 498 g/mol. The number of likely N-dealkylation sites (tertiary alicyclic amines) is 1. The molecule has 0 bridgehead atoms. The second-order valence-corrected chi connectivity index (χ2v) is 10.9. The van der Waals surface area contributed by atoms with Crippen LogP contribution in [0.3, 0.4) is 0 Å². The Bertz CT molecular complexity index is 1400. The Morgan fingerprint density at radius 3 is 2.56 bits per heavy atom. The lowest BCUT2D eigenvalue weighted by Gasteiger charge is -2.34. The molecule has 3 heterocycles. The number of nitrogens with zero attached hydrogens (tertiary/aromatic N) is 4. The molecule has 1 saturated heterocycles. The molecule has 4 aromatic rings. The van der Waals surface area contributed by atoms with Gasteiger partial charge < -0.3 is 9.47 Å². The van der Waals surface area contributed by atoms with Crippen LogP contribution in [0.15, 0.2) is 72.0 Å². The molecule has 2 aromatic carbocycles. The molecule has 1 amide bonds. The highest BCUT2D eigenvalue weighted by molar-refractivity contribution is 7.93. The number of amides is 1. The smallest absolute Gasteiger partial charge is 0.263 e. The van der Waals surface area contributed by atoms with Gasteiger partial charge in [-0.25, -0.2) is 13.4 Å². The third kappa shape index (κ3) is 4.43. The largest absolute Gasteiger partial charge is 0.341 e. The maximum absolute atomic E-state index is 13.2. The lowest BCUT2D eigenvalue weighted by molar-refractivity contribution is -0.135. The van der Waals surface area contributed by atoms with E-state index in [-0.39, 0.29) is 23.4 Å². The molecule has 1 N–H and O–H groups in total. The van der Waals surface area contributed by atoms with Crippen LogP contribution in [-0.4, -0.2) is 46.2 Å². The predicted octanol–water partition coefficient (Wildman–Crippen LogP) is 4.51. The zero-order valence-corrected chi connectivity index (χ0v) is 20.3. The maximum atomic E-state index is 13.2. The first-order chi connectivity index (χ1) is 16.4. The second kappa shape index (κ2) is 9.19. The molecule has 5 rings (SSSR count). The van der Waals surface area contributed by atoms with E-state index in [0.717, 1.165) is 40.8 Å². The van der Waals surface area contributed by atoms with E-state index in [9.17, 15) is 13.2 Å². The number of carbonyl (C=O) groups excluding carboxylic acids is 1. The number of hydrogen-bond acceptors (Lipinski definition) is 6. The molecule has 0 saturated carbocycles. The lowest BCUT2D eigenvalue weighted by atomic mass is 9.89. The van der Waals surface area contributed by atoms with Crippen molar-refractivity contribution in [1.82, 2.24) is 18.8 Å². The van der Waals surface area contributed by atoms with Gasteiger partial charge in [-0.1, -0.05) is 30.3 Å². The molecule has 2 aromatic heterocycles. The summed E-state index contributed by atoms with van der Waals surface area (Å²) in [4.78, 5) is 19.2. The zero-order chi connectivity index (χ0) is 23.7. The summed E-state index contributed by atoms with van der Waals surface area (Å²) in [5.74, 6) is 0.420. The summed E-state index contributed by atoms with van der Waals surface area (Å²) in [5, 5.41) is 1.37. The van der Waals surface area contributed by atoms with Gasteiger partial charge in [-0.05, 0) is 60.9 Å². The van der Waals surface area contributed by atoms with Crippen molar-refractivity contribution < 1.29 is 14.6 Å². The van der Waals surface area contributed by atoms with Crippen LogP contribution >= 0.6 is 11.5 Å². The number of hydrogen-bond donors (Lipinski definition) is 1. The average Bonchev–Trinajstić information content (AvgIpc) is 3.53. The van der Waals surface area contributed by atoms with Crippen molar-refractivity contribution in [2.24, 2.45) is 0 Å². The number of fused-ring (bicyclic) bond motifs is 1. The number of benzene rings is 2. The van der Waals surface area contributed by atoms with E-state index in [4.69, 9.17) is 0 Å². The molecule has 0 spiro atoms. The Morgan fingerprint density at radius 1 is 1.12 bits per heavy atom. The summed E-state index contributed by atoms with van der Waals surface area (Å²) < 4.78 is 33.3. The fraction of sp³-hybridized carbons (Fsp3) is 0.292. The number of anilines is 1. The van der Waals surface area contributed by atoms with Crippen molar-refractivity contribution in [3.8, 4) is 0 Å². The van der Waals surface area contributed by atoms with Crippen LogP contribution in [-0.2, 0) is 14.8 Å². The molecule has 178 valence electrons. The molecule has 0 unspecified atom stereocenters. The van der Waals surface area contributed by atoms with Crippen LogP contribution in [0, 0.1) is 0 Å². The minimum absolute atomic E-state index is 0. The number of piperidine rings is 1. The zero-order valence-electron chi connectivity index (χ0n) is 18.7. The molecule has 0 aliphatic carbocycles. The minimum Gasteiger partial charge on any atom is -0.341 e. The molecular formula is C24H27N5O3S2. The molecule has 34 heavy (non-hydrogen) atoms. The Labute approximate surface area is 203 Å². The molecule has 0 radical (unpaired) electrons. The van der Waals surface area contributed by atoms with Gasteiger partial charge in [-0.2, -0.15) is 4.37 Å². The topological polar surface area (TPSA) is 97.2 Å². The van der Waals surface area contributed by atoms with Gasteiger partial charge in [0, 0.05) is 37.8 Å². The Kier molecular flexibility index (Phi) is 6.09. The molecule has 1 fully saturated rings. The third-order valence-electron chi connectivity index (χ3n) is 6.46. The minimum atomic E-state index is -3.69. The first kappa shape index (κ1) is 22.5. The molecule has 8 nitrogen and oxygen atoms in total. The highest BCUT2D eigenvalue weighted by Crippen LogP contribution is 2.30. The number of rotatable bonds is 6. The van der Waals surface area contributed by atoms with Crippen molar-refractivity contribution in [3.05, 3.63) is 72.7 Å². The summed E-state index contributed by atoms with van der Waals surface area (Å²) in [6.07, 6.45) is 4.99. The Morgan fingerprint density at radius 2 is 1.85 bits per heavy atom.